The van der Waals surface area contributed by atoms with Crippen molar-refractivity contribution in [1.82, 2.24) is 30.4 Å². The highest BCUT2D eigenvalue weighted by molar-refractivity contribution is 5.85. The van der Waals surface area contributed by atoms with Crippen LogP contribution in [0, 0.1) is 11.8 Å². The molecular formula is C13H21ClN6O. The van der Waals surface area contributed by atoms with E-state index in [1.807, 2.05) is 0 Å². The maximum Gasteiger partial charge on any atom is 0.223 e. The van der Waals surface area contributed by atoms with Crippen molar-refractivity contribution >= 4 is 18.3 Å². The van der Waals surface area contributed by atoms with Crippen LogP contribution in [0.2, 0.25) is 0 Å². The Morgan fingerprint density at radius 1 is 1.24 bits per heavy atom. The summed E-state index contributed by atoms with van der Waals surface area (Å²) in [4.78, 5) is 14.7. The van der Waals surface area contributed by atoms with Crippen molar-refractivity contribution in [2.24, 2.45) is 11.8 Å². The molecule has 8 heteroatoms. The number of hydrogen-bond acceptors (Lipinski definition) is 5. The molecule has 0 spiro atoms. The van der Waals surface area contributed by atoms with Gasteiger partial charge in [-0.15, -0.1) is 17.5 Å². The lowest BCUT2D eigenvalue weighted by atomic mass is 9.82. The van der Waals surface area contributed by atoms with Crippen LogP contribution in [0.25, 0.3) is 0 Å². The van der Waals surface area contributed by atoms with Crippen molar-refractivity contribution < 1.29 is 4.79 Å². The van der Waals surface area contributed by atoms with Crippen LogP contribution in [-0.4, -0.2) is 56.2 Å². The third-order valence-electron chi connectivity index (χ3n) is 5.23. The Hall–Kier alpha value is -1.21. The van der Waals surface area contributed by atoms with E-state index in [0.717, 1.165) is 26.1 Å². The van der Waals surface area contributed by atoms with Gasteiger partial charge in [-0.3, -0.25) is 4.79 Å². The first-order valence-corrected chi connectivity index (χ1v) is 7.57. The molecule has 3 fully saturated rings. The number of nitrogens with one attached hydrogen (secondary N) is 1. The van der Waals surface area contributed by atoms with E-state index in [1.54, 1.807) is 11.0 Å². The molecule has 3 aliphatic rings. The molecule has 0 radical (unpaired) electrons. The lowest BCUT2D eigenvalue weighted by Gasteiger charge is -2.24. The Bertz CT molecular complexity index is 477. The minimum absolute atomic E-state index is 0. The van der Waals surface area contributed by atoms with Gasteiger partial charge in [0, 0.05) is 38.1 Å². The lowest BCUT2D eigenvalue weighted by Crippen LogP contribution is -2.39. The maximum atomic E-state index is 12.5. The van der Waals surface area contributed by atoms with Gasteiger partial charge in [0.1, 0.15) is 6.33 Å². The summed E-state index contributed by atoms with van der Waals surface area (Å²) in [6.07, 6.45) is 5.42. The highest BCUT2D eigenvalue weighted by Gasteiger charge is 2.55. The second kappa shape index (κ2) is 5.88. The molecule has 4 heterocycles. The van der Waals surface area contributed by atoms with Gasteiger partial charge in [0.05, 0.1) is 0 Å². The molecule has 0 saturated carbocycles. The summed E-state index contributed by atoms with van der Waals surface area (Å²) in [7, 11) is 0. The minimum atomic E-state index is 0. The molecule has 4 atom stereocenters. The molecule has 0 aliphatic carbocycles. The molecule has 3 aliphatic heterocycles. The van der Waals surface area contributed by atoms with Gasteiger partial charge in [-0.25, -0.2) is 4.68 Å². The molecule has 4 rings (SSSR count). The number of carbonyl (C=O) groups is 1. The number of nitrogens with zero attached hydrogens (tertiary/aromatic N) is 5. The molecule has 1 aromatic heterocycles. The second-order valence-corrected chi connectivity index (χ2v) is 6.18. The van der Waals surface area contributed by atoms with Gasteiger partial charge in [-0.2, -0.15) is 0 Å². The summed E-state index contributed by atoms with van der Waals surface area (Å²) in [6.45, 7) is 2.91. The molecular weight excluding hydrogens is 292 g/mol. The number of aromatic nitrogens is 4. The number of hydrogen-bond donors (Lipinski definition) is 1. The van der Waals surface area contributed by atoms with E-state index in [9.17, 15) is 4.79 Å². The van der Waals surface area contributed by atoms with Gasteiger partial charge < -0.3 is 10.2 Å². The number of tetrazole rings is 1. The first kappa shape index (κ1) is 14.7. The van der Waals surface area contributed by atoms with Gasteiger partial charge in [-0.05, 0) is 41.5 Å². The van der Waals surface area contributed by atoms with Gasteiger partial charge in [-0.1, -0.05) is 0 Å². The van der Waals surface area contributed by atoms with E-state index in [4.69, 9.17) is 0 Å². The third kappa shape index (κ3) is 2.42. The molecule has 21 heavy (non-hydrogen) atoms. The smallest absolute Gasteiger partial charge is 0.223 e. The number of rotatable bonds is 4. The Balaban J connectivity index is 0.00000132. The Labute approximate surface area is 129 Å². The molecule has 3 saturated heterocycles. The summed E-state index contributed by atoms with van der Waals surface area (Å²) in [5.74, 6) is 1.74. The third-order valence-corrected chi connectivity index (χ3v) is 5.23. The highest BCUT2D eigenvalue weighted by Crippen LogP contribution is 2.47. The van der Waals surface area contributed by atoms with Crippen molar-refractivity contribution in [2.45, 2.75) is 44.3 Å². The van der Waals surface area contributed by atoms with E-state index < -0.39 is 0 Å². The van der Waals surface area contributed by atoms with Crippen LogP contribution >= 0.6 is 12.4 Å². The van der Waals surface area contributed by atoms with E-state index >= 15 is 0 Å². The second-order valence-electron chi connectivity index (χ2n) is 6.18. The van der Waals surface area contributed by atoms with Gasteiger partial charge in [0.15, 0.2) is 0 Å². The number of amides is 1. The number of halogens is 1. The zero-order valence-electron chi connectivity index (χ0n) is 11.9. The summed E-state index contributed by atoms with van der Waals surface area (Å²) in [6, 6.07) is 1.00. The van der Waals surface area contributed by atoms with Crippen LogP contribution in [0.5, 0.6) is 0 Å². The fourth-order valence-electron chi connectivity index (χ4n) is 4.44. The summed E-state index contributed by atoms with van der Waals surface area (Å²) < 4.78 is 1.69. The molecule has 1 amide bonds. The van der Waals surface area contributed by atoms with Crippen molar-refractivity contribution in [3.8, 4) is 0 Å². The van der Waals surface area contributed by atoms with Crippen LogP contribution < -0.4 is 5.32 Å². The summed E-state index contributed by atoms with van der Waals surface area (Å²) >= 11 is 0. The first-order valence-electron chi connectivity index (χ1n) is 7.57. The molecule has 1 N–H and O–H groups in total. The fraction of sp³-hybridized carbons (Fsp3) is 0.846. The molecule has 0 unspecified atom stereocenters. The molecule has 1 aromatic rings. The largest absolute Gasteiger partial charge is 0.336 e. The van der Waals surface area contributed by atoms with Crippen molar-refractivity contribution in [2.75, 3.05) is 13.1 Å². The topological polar surface area (TPSA) is 75.9 Å². The Morgan fingerprint density at radius 2 is 1.95 bits per heavy atom. The van der Waals surface area contributed by atoms with Crippen LogP contribution in [0.4, 0.5) is 0 Å². The molecule has 2 bridgehead atoms. The average Bonchev–Trinajstić information content (AvgIpc) is 3.20. The van der Waals surface area contributed by atoms with Crippen LogP contribution in [0.15, 0.2) is 6.33 Å². The number of carbonyl (C=O) groups excluding carboxylic acids is 1. The predicted molar refractivity (Wildman–Crippen MR) is 77.8 cm³/mol. The van der Waals surface area contributed by atoms with Gasteiger partial charge >= 0.3 is 0 Å². The lowest BCUT2D eigenvalue weighted by molar-refractivity contribution is -0.133. The number of aryl methyl sites for hydroxylation is 1. The maximum absolute atomic E-state index is 12.5. The standard InChI is InChI=1S/C13H20N6O.ClH/c20-13(2-1-5-18-8-15-16-17-18)19-11-3-4-12(19)10-7-14-6-9(10)11;/h8-12,14H,1-7H2;1H/t9-,10+,11-,12+;. The fourth-order valence-corrected chi connectivity index (χ4v) is 4.44. The summed E-state index contributed by atoms with van der Waals surface area (Å²) in [5.41, 5.74) is 0. The van der Waals surface area contributed by atoms with Crippen LogP contribution in [0.3, 0.4) is 0 Å². The van der Waals surface area contributed by atoms with E-state index in [1.165, 1.54) is 12.8 Å². The zero-order valence-corrected chi connectivity index (χ0v) is 12.7. The number of fused-ring (bicyclic) bond motifs is 5. The van der Waals surface area contributed by atoms with Gasteiger partial charge in [0.25, 0.3) is 0 Å². The minimum Gasteiger partial charge on any atom is -0.336 e. The van der Waals surface area contributed by atoms with Crippen LogP contribution in [0.1, 0.15) is 25.7 Å². The SMILES string of the molecule is Cl.O=C(CCCn1cnnn1)N1[C@@H]2CC[C@H]1[C@H]1CNC[C@H]12. The predicted octanol–water partition coefficient (Wildman–Crippen LogP) is 0.0839. The van der Waals surface area contributed by atoms with Crippen molar-refractivity contribution in [3.63, 3.8) is 0 Å². The quantitative estimate of drug-likeness (QED) is 0.852. The average molecular weight is 313 g/mol. The van der Waals surface area contributed by atoms with Crippen molar-refractivity contribution in [1.29, 1.82) is 0 Å². The Kier molecular flexibility index (Phi) is 4.12. The molecule has 116 valence electrons. The van der Waals surface area contributed by atoms with Crippen molar-refractivity contribution in [3.05, 3.63) is 6.33 Å². The van der Waals surface area contributed by atoms with Gasteiger partial charge in [0.2, 0.25) is 5.91 Å². The van der Waals surface area contributed by atoms with Crippen LogP contribution in [-0.2, 0) is 11.3 Å². The highest BCUT2D eigenvalue weighted by atomic mass is 35.5. The van der Waals surface area contributed by atoms with E-state index in [0.29, 0.717) is 36.2 Å². The monoisotopic (exact) mass is 312 g/mol. The molecule has 0 aromatic carbocycles. The first-order chi connectivity index (χ1) is 9.84. The normalized spacial score (nSPS) is 33.0. The Morgan fingerprint density at radius 3 is 2.57 bits per heavy atom. The summed E-state index contributed by atoms with van der Waals surface area (Å²) in [5, 5.41) is 14.5. The molecule has 7 nitrogen and oxygen atoms in total. The van der Waals surface area contributed by atoms with E-state index in [2.05, 4.69) is 25.7 Å². The zero-order chi connectivity index (χ0) is 13.5. The van der Waals surface area contributed by atoms with E-state index in [-0.39, 0.29) is 12.4 Å².